The molecule has 1 rings (SSSR count). The van der Waals surface area contributed by atoms with Crippen molar-refractivity contribution in [3.8, 4) is 0 Å². The molecule has 1 aromatic heterocycles. The summed E-state index contributed by atoms with van der Waals surface area (Å²) < 4.78 is 0. The molecule has 6 nitrogen and oxygen atoms in total. The topological polar surface area (TPSA) is 117 Å². The zero-order valence-corrected chi connectivity index (χ0v) is 6.51. The first-order valence-electron chi connectivity index (χ1n) is 3.37. The fourth-order valence-corrected chi connectivity index (χ4v) is 0.804. The van der Waals surface area contributed by atoms with Gasteiger partial charge in [-0.2, -0.15) is 0 Å². The highest BCUT2D eigenvalue weighted by molar-refractivity contribution is 6.58. The van der Waals surface area contributed by atoms with Crippen LogP contribution in [0.25, 0.3) is 0 Å². The van der Waals surface area contributed by atoms with Gasteiger partial charge in [0.2, 0.25) is 0 Å². The number of nitrogens with zero attached hydrogens (tertiary/aromatic N) is 1. The third kappa shape index (κ3) is 1.95. The molecule has 1 aromatic rings. The van der Waals surface area contributed by atoms with Crippen LogP contribution in [-0.2, 0) is 0 Å². The summed E-state index contributed by atoms with van der Waals surface area (Å²) >= 11 is 0. The van der Waals surface area contributed by atoms with Crippen LogP contribution in [0.15, 0.2) is 12.3 Å². The summed E-state index contributed by atoms with van der Waals surface area (Å²) in [6, 6.07) is 1.06. The van der Waals surface area contributed by atoms with Crippen molar-refractivity contribution in [2.24, 2.45) is 0 Å². The van der Waals surface area contributed by atoms with Crippen LogP contribution >= 0.6 is 0 Å². The van der Waals surface area contributed by atoms with Crippen LogP contribution in [0, 0.1) is 0 Å². The van der Waals surface area contributed by atoms with Gasteiger partial charge in [0.25, 0.3) is 0 Å². The maximum atomic E-state index is 10.5. The SMILES string of the molecule is Nc1ncc(B(O)O)cc1C(=O)O. The fourth-order valence-electron chi connectivity index (χ4n) is 0.804. The highest BCUT2D eigenvalue weighted by Crippen LogP contribution is 2.04. The van der Waals surface area contributed by atoms with Gasteiger partial charge in [0.1, 0.15) is 11.4 Å². The highest BCUT2D eigenvalue weighted by atomic mass is 16.4. The minimum atomic E-state index is -1.74. The molecule has 0 spiro atoms. The first-order valence-corrected chi connectivity index (χ1v) is 3.37. The summed E-state index contributed by atoms with van der Waals surface area (Å²) in [4.78, 5) is 14.0. The lowest BCUT2D eigenvalue weighted by Crippen LogP contribution is -2.31. The fraction of sp³-hybridized carbons (Fsp3) is 0. The molecule has 0 atom stereocenters. The summed E-state index contributed by atoms with van der Waals surface area (Å²) in [5.41, 5.74) is 4.98. The Kier molecular flexibility index (Phi) is 2.50. The number of rotatable bonds is 2. The Balaban J connectivity index is 3.19. The van der Waals surface area contributed by atoms with Gasteiger partial charge in [-0.25, -0.2) is 9.78 Å². The number of pyridine rings is 1. The molecule has 0 aliphatic heterocycles. The zero-order chi connectivity index (χ0) is 10.0. The molecule has 0 aromatic carbocycles. The quantitative estimate of drug-likeness (QED) is 0.394. The third-order valence-electron chi connectivity index (χ3n) is 1.47. The van der Waals surface area contributed by atoms with E-state index in [4.69, 9.17) is 20.9 Å². The van der Waals surface area contributed by atoms with E-state index in [1.807, 2.05) is 0 Å². The van der Waals surface area contributed by atoms with Crippen molar-refractivity contribution < 1.29 is 19.9 Å². The number of hydrogen-bond acceptors (Lipinski definition) is 5. The number of anilines is 1. The van der Waals surface area contributed by atoms with Crippen molar-refractivity contribution in [1.82, 2.24) is 4.98 Å². The van der Waals surface area contributed by atoms with E-state index in [0.29, 0.717) is 0 Å². The number of hydrogen-bond donors (Lipinski definition) is 4. The molecule has 0 fully saturated rings. The molecule has 0 unspecified atom stereocenters. The van der Waals surface area contributed by atoms with Crippen molar-refractivity contribution in [1.29, 1.82) is 0 Å². The molecule has 0 aliphatic carbocycles. The molecule has 0 saturated carbocycles. The van der Waals surface area contributed by atoms with Crippen molar-refractivity contribution in [3.05, 3.63) is 17.8 Å². The normalized spacial score (nSPS) is 9.69. The molecule has 5 N–H and O–H groups in total. The van der Waals surface area contributed by atoms with Crippen LogP contribution in [-0.4, -0.2) is 33.2 Å². The van der Waals surface area contributed by atoms with E-state index < -0.39 is 13.1 Å². The molecule has 0 radical (unpaired) electrons. The van der Waals surface area contributed by atoms with E-state index >= 15 is 0 Å². The molecule has 0 bridgehead atoms. The molecule has 13 heavy (non-hydrogen) atoms. The van der Waals surface area contributed by atoms with Crippen LogP contribution in [0.2, 0.25) is 0 Å². The number of aromatic carboxylic acids is 1. The number of aromatic nitrogens is 1. The standard InChI is InChI=1S/C6H7BN2O4/c8-5-4(6(10)11)1-3(2-9-5)7(12)13/h1-2,12-13H,(H2,8,9)(H,10,11). The molecule has 0 amide bonds. The molecule has 0 aliphatic rings. The summed E-state index contributed by atoms with van der Waals surface area (Å²) in [5, 5.41) is 26.0. The monoisotopic (exact) mass is 182 g/mol. The average molecular weight is 182 g/mol. The largest absolute Gasteiger partial charge is 0.490 e. The van der Waals surface area contributed by atoms with Gasteiger partial charge in [0.05, 0.1) is 0 Å². The summed E-state index contributed by atoms with van der Waals surface area (Å²) in [6.45, 7) is 0. The lowest BCUT2D eigenvalue weighted by molar-refractivity contribution is 0.0698. The van der Waals surface area contributed by atoms with E-state index in [9.17, 15) is 4.79 Å². The molecular weight excluding hydrogens is 175 g/mol. The highest BCUT2D eigenvalue weighted by Gasteiger charge is 2.16. The number of carboxylic acids is 1. The third-order valence-corrected chi connectivity index (χ3v) is 1.47. The average Bonchev–Trinajstić information content (AvgIpc) is 2.04. The van der Waals surface area contributed by atoms with Crippen molar-refractivity contribution in [2.75, 3.05) is 5.73 Å². The van der Waals surface area contributed by atoms with Crippen LogP contribution in [0.1, 0.15) is 10.4 Å². The van der Waals surface area contributed by atoms with Gasteiger partial charge in [-0.3, -0.25) is 0 Å². The van der Waals surface area contributed by atoms with E-state index in [1.54, 1.807) is 0 Å². The van der Waals surface area contributed by atoms with Crippen molar-refractivity contribution >= 4 is 24.4 Å². The summed E-state index contributed by atoms with van der Waals surface area (Å²) in [5.74, 6) is -1.41. The van der Waals surface area contributed by atoms with Crippen LogP contribution in [0.4, 0.5) is 5.82 Å². The molecule has 68 valence electrons. The van der Waals surface area contributed by atoms with Crippen LogP contribution < -0.4 is 11.2 Å². The molecular formula is C6H7BN2O4. The zero-order valence-electron chi connectivity index (χ0n) is 6.51. The first kappa shape index (κ1) is 9.49. The predicted molar refractivity (Wildman–Crippen MR) is 45.4 cm³/mol. The van der Waals surface area contributed by atoms with E-state index in [-0.39, 0.29) is 16.8 Å². The van der Waals surface area contributed by atoms with Crippen LogP contribution in [0.3, 0.4) is 0 Å². The van der Waals surface area contributed by atoms with Crippen molar-refractivity contribution in [3.63, 3.8) is 0 Å². The Hall–Kier alpha value is -1.60. The number of nitrogens with two attached hydrogens (primary N) is 1. The minimum Gasteiger partial charge on any atom is -0.478 e. The minimum absolute atomic E-state index is 0.00778. The van der Waals surface area contributed by atoms with Crippen molar-refractivity contribution in [2.45, 2.75) is 0 Å². The molecule has 1 heterocycles. The number of carbonyl (C=O) groups is 1. The van der Waals surface area contributed by atoms with Gasteiger partial charge in [0, 0.05) is 11.7 Å². The molecule has 7 heteroatoms. The Labute approximate surface area is 73.8 Å². The van der Waals surface area contributed by atoms with Gasteiger partial charge in [-0.15, -0.1) is 0 Å². The lowest BCUT2D eigenvalue weighted by atomic mass is 9.81. The van der Waals surface area contributed by atoms with Gasteiger partial charge in [-0.1, -0.05) is 0 Å². The summed E-state index contributed by atoms with van der Waals surface area (Å²) in [6.07, 6.45) is 1.10. The van der Waals surface area contributed by atoms with Gasteiger partial charge in [-0.05, 0) is 6.07 Å². The Morgan fingerprint density at radius 2 is 2.15 bits per heavy atom. The molecule has 0 saturated heterocycles. The lowest BCUT2D eigenvalue weighted by Gasteiger charge is -2.02. The summed E-state index contributed by atoms with van der Waals surface area (Å²) in [7, 11) is -1.74. The Bertz CT molecular complexity index is 341. The van der Waals surface area contributed by atoms with Gasteiger partial charge >= 0.3 is 13.1 Å². The van der Waals surface area contributed by atoms with E-state index in [2.05, 4.69) is 4.98 Å². The Morgan fingerprint density at radius 3 is 2.62 bits per heavy atom. The van der Waals surface area contributed by atoms with E-state index in [0.717, 1.165) is 12.3 Å². The van der Waals surface area contributed by atoms with Crippen LogP contribution in [0.5, 0.6) is 0 Å². The first-order chi connectivity index (χ1) is 6.02. The second-order valence-electron chi connectivity index (χ2n) is 2.38. The van der Waals surface area contributed by atoms with Gasteiger partial charge < -0.3 is 20.9 Å². The van der Waals surface area contributed by atoms with E-state index in [1.165, 1.54) is 0 Å². The maximum Gasteiger partial charge on any atom is 0.490 e. The second kappa shape index (κ2) is 3.42. The predicted octanol–water partition coefficient (Wildman–Crippen LogP) is -1.96. The maximum absolute atomic E-state index is 10.5. The number of nitrogen functional groups attached to an aromatic ring is 1. The number of carboxylic acid groups (broad SMARTS) is 1. The van der Waals surface area contributed by atoms with Gasteiger partial charge in [0.15, 0.2) is 0 Å². The smallest absolute Gasteiger partial charge is 0.478 e. The Morgan fingerprint density at radius 1 is 1.54 bits per heavy atom. The second-order valence-corrected chi connectivity index (χ2v) is 2.38.